The molecule has 130 valence electrons. The Kier molecular flexibility index (Phi) is 6.96. The Labute approximate surface area is 149 Å². The summed E-state index contributed by atoms with van der Waals surface area (Å²) in [7, 11) is 0.326. The minimum atomic E-state index is -1.25. The quantitative estimate of drug-likeness (QED) is 0.721. The molecule has 0 fully saturated rings. The molecule has 1 aromatic heterocycles. The van der Waals surface area contributed by atoms with Gasteiger partial charge in [0.05, 0.1) is 29.5 Å². The number of nitrogens with zero attached hydrogens (tertiary/aromatic N) is 2. The third-order valence-corrected chi connectivity index (χ3v) is 4.24. The summed E-state index contributed by atoms with van der Waals surface area (Å²) in [5, 5.41) is 4.06. The smallest absolute Gasteiger partial charge is 0.220 e. The van der Waals surface area contributed by atoms with Crippen molar-refractivity contribution in [3.05, 3.63) is 40.5 Å². The molecule has 1 aromatic carbocycles. The van der Waals surface area contributed by atoms with Crippen LogP contribution in [0, 0.1) is 0 Å². The van der Waals surface area contributed by atoms with E-state index in [0.29, 0.717) is 36.3 Å². The van der Waals surface area contributed by atoms with Crippen LogP contribution in [0.5, 0.6) is 5.75 Å². The van der Waals surface area contributed by atoms with Crippen LogP contribution in [0.4, 0.5) is 5.82 Å². The Bertz CT molecular complexity index is 728. The van der Waals surface area contributed by atoms with Gasteiger partial charge in [0, 0.05) is 31.2 Å². The van der Waals surface area contributed by atoms with Crippen LogP contribution in [0.2, 0.25) is 5.02 Å². The fourth-order valence-corrected chi connectivity index (χ4v) is 2.71. The van der Waals surface area contributed by atoms with Gasteiger partial charge in [0.15, 0.2) is 0 Å². The molecule has 2 aromatic rings. The molecule has 0 spiro atoms. The summed E-state index contributed by atoms with van der Waals surface area (Å²) in [4.78, 5) is 8.45. The number of aromatic nitrogens is 2. The van der Waals surface area contributed by atoms with Crippen LogP contribution < -0.4 is 10.1 Å². The fourth-order valence-electron chi connectivity index (χ4n) is 2.01. The topological polar surface area (TPSA) is 73.3 Å². The second-order valence-electron chi connectivity index (χ2n) is 4.94. The molecule has 0 aliphatic rings. The van der Waals surface area contributed by atoms with Crippen molar-refractivity contribution < 1.29 is 13.7 Å². The van der Waals surface area contributed by atoms with Gasteiger partial charge in [-0.1, -0.05) is 17.7 Å². The molecule has 24 heavy (non-hydrogen) atoms. The van der Waals surface area contributed by atoms with Gasteiger partial charge in [0.1, 0.15) is 11.6 Å². The molecule has 2 rings (SSSR count). The highest BCUT2D eigenvalue weighted by molar-refractivity contribution is 7.84. The van der Waals surface area contributed by atoms with E-state index < -0.39 is 10.8 Å². The first-order chi connectivity index (χ1) is 11.5. The Morgan fingerprint density at radius 3 is 2.79 bits per heavy atom. The first kappa shape index (κ1) is 18.6. The molecular formula is C16H20ClN3O3S. The second-order valence-corrected chi connectivity index (χ2v) is 6.62. The van der Waals surface area contributed by atoms with E-state index in [4.69, 9.17) is 21.1 Å². The van der Waals surface area contributed by atoms with Crippen LogP contribution in [0.15, 0.2) is 29.6 Å². The lowest BCUT2D eigenvalue weighted by Crippen LogP contribution is -2.09. The Morgan fingerprint density at radius 1 is 1.38 bits per heavy atom. The molecule has 8 heteroatoms. The minimum Gasteiger partial charge on any atom is -0.495 e. The summed E-state index contributed by atoms with van der Waals surface area (Å²) in [5.41, 5.74) is 1.78. The maximum absolute atomic E-state index is 11.6. The van der Waals surface area contributed by atoms with Gasteiger partial charge in [-0.25, -0.2) is 9.97 Å². The fraction of sp³-hybridized carbons (Fsp3) is 0.375. The Hall–Kier alpha value is -1.70. The standard InChI is InChI=1S/C16H20ClN3O3S/c1-4-23-10-12-9-19-16(24(3)21)20-15(12)18-8-11-5-6-14(22-2)13(17)7-11/h5-7,9H,4,8,10H2,1-3H3,(H,18,19,20). The molecule has 1 heterocycles. The molecule has 1 atom stereocenters. The third-order valence-electron chi connectivity index (χ3n) is 3.24. The van der Waals surface area contributed by atoms with Crippen molar-refractivity contribution in [2.24, 2.45) is 0 Å². The SMILES string of the molecule is CCOCc1cnc(S(C)=O)nc1NCc1ccc(OC)c(Cl)c1. The number of hydrogen-bond donors (Lipinski definition) is 1. The van der Waals surface area contributed by atoms with E-state index in [0.717, 1.165) is 11.1 Å². The maximum atomic E-state index is 11.6. The van der Waals surface area contributed by atoms with E-state index >= 15 is 0 Å². The molecule has 0 radical (unpaired) electrons. The second kappa shape index (κ2) is 8.96. The van der Waals surface area contributed by atoms with Crippen molar-refractivity contribution >= 4 is 28.2 Å². The average molecular weight is 370 g/mol. The van der Waals surface area contributed by atoms with Gasteiger partial charge in [0.25, 0.3) is 0 Å². The predicted octanol–water partition coefficient (Wildman–Crippen LogP) is 3.02. The number of nitrogens with one attached hydrogen (secondary N) is 1. The molecule has 0 aliphatic heterocycles. The highest BCUT2D eigenvalue weighted by atomic mass is 35.5. The Morgan fingerprint density at radius 2 is 2.17 bits per heavy atom. The van der Waals surface area contributed by atoms with E-state index in [1.807, 2.05) is 25.1 Å². The number of ether oxygens (including phenoxy) is 2. The number of benzene rings is 1. The van der Waals surface area contributed by atoms with Crippen LogP contribution in [0.3, 0.4) is 0 Å². The zero-order valence-electron chi connectivity index (χ0n) is 13.8. The third kappa shape index (κ3) is 4.90. The van der Waals surface area contributed by atoms with Crippen molar-refractivity contribution in [1.29, 1.82) is 0 Å². The normalized spacial score (nSPS) is 12.0. The van der Waals surface area contributed by atoms with Crippen molar-refractivity contribution in [3.63, 3.8) is 0 Å². The van der Waals surface area contributed by atoms with Gasteiger partial charge in [0.2, 0.25) is 5.16 Å². The molecule has 0 saturated carbocycles. The maximum Gasteiger partial charge on any atom is 0.220 e. The van der Waals surface area contributed by atoms with Crippen LogP contribution in [0.1, 0.15) is 18.1 Å². The highest BCUT2D eigenvalue weighted by Crippen LogP contribution is 2.25. The van der Waals surface area contributed by atoms with E-state index in [9.17, 15) is 4.21 Å². The summed E-state index contributed by atoms with van der Waals surface area (Å²) in [6.07, 6.45) is 3.19. The molecule has 0 bridgehead atoms. The number of methoxy groups -OCH3 is 1. The van der Waals surface area contributed by atoms with Crippen molar-refractivity contribution in [2.75, 3.05) is 25.3 Å². The van der Waals surface area contributed by atoms with Crippen LogP contribution in [-0.4, -0.2) is 34.1 Å². The van der Waals surface area contributed by atoms with Gasteiger partial charge in [-0.3, -0.25) is 4.21 Å². The molecule has 0 amide bonds. The zero-order valence-corrected chi connectivity index (χ0v) is 15.4. The molecule has 1 unspecified atom stereocenters. The lowest BCUT2D eigenvalue weighted by Gasteiger charge is -2.12. The number of hydrogen-bond acceptors (Lipinski definition) is 6. The summed E-state index contributed by atoms with van der Waals surface area (Å²) < 4.78 is 22.2. The molecule has 6 nitrogen and oxygen atoms in total. The van der Waals surface area contributed by atoms with Crippen LogP contribution in [0.25, 0.3) is 0 Å². The monoisotopic (exact) mass is 369 g/mol. The summed E-state index contributed by atoms with van der Waals surface area (Å²) >= 11 is 6.14. The summed E-state index contributed by atoms with van der Waals surface area (Å²) in [5.74, 6) is 1.23. The van der Waals surface area contributed by atoms with Gasteiger partial charge in [-0.15, -0.1) is 0 Å². The summed E-state index contributed by atoms with van der Waals surface area (Å²) in [6.45, 7) is 3.41. The first-order valence-electron chi connectivity index (χ1n) is 7.38. The van der Waals surface area contributed by atoms with E-state index in [-0.39, 0.29) is 5.16 Å². The molecular weight excluding hydrogens is 350 g/mol. The van der Waals surface area contributed by atoms with Gasteiger partial charge in [-0.05, 0) is 24.6 Å². The molecule has 0 saturated heterocycles. The number of rotatable bonds is 8. The summed E-state index contributed by atoms with van der Waals surface area (Å²) in [6, 6.07) is 5.56. The lowest BCUT2D eigenvalue weighted by atomic mass is 10.2. The first-order valence-corrected chi connectivity index (χ1v) is 9.32. The van der Waals surface area contributed by atoms with Gasteiger partial charge >= 0.3 is 0 Å². The van der Waals surface area contributed by atoms with Gasteiger partial charge in [-0.2, -0.15) is 0 Å². The van der Waals surface area contributed by atoms with E-state index in [1.54, 1.807) is 19.6 Å². The van der Waals surface area contributed by atoms with E-state index in [1.165, 1.54) is 0 Å². The molecule has 0 aliphatic carbocycles. The molecule has 1 N–H and O–H groups in total. The van der Waals surface area contributed by atoms with Crippen molar-refractivity contribution in [1.82, 2.24) is 9.97 Å². The zero-order chi connectivity index (χ0) is 17.5. The largest absolute Gasteiger partial charge is 0.495 e. The average Bonchev–Trinajstić information content (AvgIpc) is 2.58. The highest BCUT2D eigenvalue weighted by Gasteiger charge is 2.10. The van der Waals surface area contributed by atoms with Crippen molar-refractivity contribution in [2.45, 2.75) is 25.2 Å². The van der Waals surface area contributed by atoms with E-state index in [2.05, 4.69) is 15.3 Å². The number of halogens is 1. The van der Waals surface area contributed by atoms with Crippen LogP contribution >= 0.6 is 11.6 Å². The minimum absolute atomic E-state index is 0.283. The lowest BCUT2D eigenvalue weighted by molar-refractivity contribution is 0.134. The van der Waals surface area contributed by atoms with Crippen molar-refractivity contribution in [3.8, 4) is 5.75 Å². The Balaban J connectivity index is 2.18. The number of anilines is 1. The van der Waals surface area contributed by atoms with Gasteiger partial charge < -0.3 is 14.8 Å². The predicted molar refractivity (Wildman–Crippen MR) is 95.0 cm³/mol. The van der Waals surface area contributed by atoms with Crippen LogP contribution in [-0.2, 0) is 28.7 Å².